The van der Waals surface area contributed by atoms with E-state index in [2.05, 4.69) is 41.4 Å². The van der Waals surface area contributed by atoms with E-state index in [0.717, 1.165) is 23.2 Å². The molecule has 1 aromatic heterocycles. The lowest BCUT2D eigenvalue weighted by Crippen LogP contribution is -1.97. The summed E-state index contributed by atoms with van der Waals surface area (Å²) in [7, 11) is 0. The van der Waals surface area contributed by atoms with E-state index < -0.39 is 5.97 Å². The number of carboxylic acids is 1. The Hall–Kier alpha value is -2.10. The standard InChI is InChI=1S/C16H20N2O2/c1-2-3-4-12-5-7-13(8-6-12)16-14(11-17-18-16)9-10-15(19)20/h5-8,11H,2-4,9-10H2,1H3,(H,17,18)(H,19,20). The predicted molar refractivity (Wildman–Crippen MR) is 78.6 cm³/mol. The van der Waals surface area contributed by atoms with Crippen molar-refractivity contribution in [2.24, 2.45) is 0 Å². The van der Waals surface area contributed by atoms with Crippen LogP contribution in [0.1, 0.15) is 37.3 Å². The molecule has 0 saturated carbocycles. The number of hydrogen-bond donors (Lipinski definition) is 2. The normalized spacial score (nSPS) is 10.7. The third kappa shape index (κ3) is 3.70. The van der Waals surface area contributed by atoms with Crippen molar-refractivity contribution in [3.8, 4) is 11.3 Å². The third-order valence-corrected chi connectivity index (χ3v) is 3.39. The molecule has 0 amide bonds. The molecule has 0 bridgehead atoms. The van der Waals surface area contributed by atoms with Gasteiger partial charge in [-0.3, -0.25) is 9.89 Å². The Bertz CT molecular complexity index is 558. The molecule has 1 heterocycles. The molecule has 4 nitrogen and oxygen atoms in total. The fourth-order valence-electron chi connectivity index (χ4n) is 2.21. The van der Waals surface area contributed by atoms with Crippen molar-refractivity contribution in [1.29, 1.82) is 0 Å². The Morgan fingerprint density at radius 3 is 2.65 bits per heavy atom. The van der Waals surface area contributed by atoms with Crippen LogP contribution in [0.15, 0.2) is 30.5 Å². The minimum Gasteiger partial charge on any atom is -0.481 e. The van der Waals surface area contributed by atoms with Crippen LogP contribution in [0, 0.1) is 0 Å². The summed E-state index contributed by atoms with van der Waals surface area (Å²) in [6, 6.07) is 8.41. The second-order valence-corrected chi connectivity index (χ2v) is 4.96. The maximum atomic E-state index is 10.7. The maximum Gasteiger partial charge on any atom is 0.303 e. The first kappa shape index (κ1) is 14.3. The van der Waals surface area contributed by atoms with Crippen LogP contribution >= 0.6 is 0 Å². The Kier molecular flexibility index (Phi) is 4.93. The molecular formula is C16H20N2O2. The Balaban J connectivity index is 2.11. The molecular weight excluding hydrogens is 252 g/mol. The van der Waals surface area contributed by atoms with Gasteiger partial charge in [0.15, 0.2) is 0 Å². The van der Waals surface area contributed by atoms with Crippen LogP contribution in [0.25, 0.3) is 11.3 Å². The van der Waals surface area contributed by atoms with E-state index in [0.29, 0.717) is 6.42 Å². The molecule has 1 aromatic carbocycles. The van der Waals surface area contributed by atoms with Crippen LogP contribution in [0.4, 0.5) is 0 Å². The van der Waals surface area contributed by atoms with E-state index in [1.165, 1.54) is 18.4 Å². The van der Waals surface area contributed by atoms with Gasteiger partial charge < -0.3 is 5.11 Å². The fourth-order valence-corrected chi connectivity index (χ4v) is 2.21. The van der Waals surface area contributed by atoms with Crippen LogP contribution in [0.3, 0.4) is 0 Å². The van der Waals surface area contributed by atoms with E-state index >= 15 is 0 Å². The molecule has 0 saturated heterocycles. The summed E-state index contributed by atoms with van der Waals surface area (Å²) < 4.78 is 0. The zero-order chi connectivity index (χ0) is 14.4. The molecule has 2 aromatic rings. The summed E-state index contributed by atoms with van der Waals surface area (Å²) in [5.74, 6) is -0.785. The highest BCUT2D eigenvalue weighted by Gasteiger charge is 2.09. The van der Waals surface area contributed by atoms with Crippen LogP contribution in [0.2, 0.25) is 0 Å². The van der Waals surface area contributed by atoms with E-state index in [9.17, 15) is 4.79 Å². The van der Waals surface area contributed by atoms with Crippen molar-refractivity contribution < 1.29 is 9.90 Å². The lowest BCUT2D eigenvalue weighted by molar-refractivity contribution is -0.136. The van der Waals surface area contributed by atoms with Gasteiger partial charge in [0.1, 0.15) is 0 Å². The molecule has 106 valence electrons. The van der Waals surface area contributed by atoms with Crippen molar-refractivity contribution >= 4 is 5.97 Å². The molecule has 0 aliphatic heterocycles. The molecule has 0 spiro atoms. The second-order valence-electron chi connectivity index (χ2n) is 4.96. The number of H-pyrrole nitrogens is 1. The van der Waals surface area contributed by atoms with Crippen molar-refractivity contribution in [1.82, 2.24) is 10.2 Å². The van der Waals surface area contributed by atoms with Crippen molar-refractivity contribution in [2.75, 3.05) is 0 Å². The summed E-state index contributed by atoms with van der Waals surface area (Å²) in [6.07, 6.45) is 5.84. The SMILES string of the molecule is CCCCc1ccc(-c2[nH]ncc2CCC(=O)O)cc1. The highest BCUT2D eigenvalue weighted by atomic mass is 16.4. The third-order valence-electron chi connectivity index (χ3n) is 3.39. The first-order chi connectivity index (χ1) is 9.70. The van der Waals surface area contributed by atoms with Gasteiger partial charge in [-0.05, 0) is 36.0 Å². The molecule has 0 aliphatic rings. The molecule has 0 atom stereocenters. The highest BCUT2D eigenvalue weighted by molar-refractivity contribution is 5.68. The first-order valence-corrected chi connectivity index (χ1v) is 7.04. The number of nitrogens with zero attached hydrogens (tertiary/aromatic N) is 1. The van der Waals surface area contributed by atoms with E-state index in [1.807, 2.05) is 0 Å². The van der Waals surface area contributed by atoms with Gasteiger partial charge in [0.25, 0.3) is 0 Å². The number of benzene rings is 1. The van der Waals surface area contributed by atoms with Crippen LogP contribution < -0.4 is 0 Å². The zero-order valence-corrected chi connectivity index (χ0v) is 11.7. The molecule has 0 fully saturated rings. The van der Waals surface area contributed by atoms with Crippen LogP contribution in [-0.4, -0.2) is 21.3 Å². The Morgan fingerprint density at radius 2 is 2.00 bits per heavy atom. The summed E-state index contributed by atoms with van der Waals surface area (Å²) in [4.78, 5) is 10.7. The van der Waals surface area contributed by atoms with Crippen molar-refractivity contribution in [2.45, 2.75) is 39.0 Å². The van der Waals surface area contributed by atoms with Crippen LogP contribution in [0.5, 0.6) is 0 Å². The lowest BCUT2D eigenvalue weighted by atomic mass is 10.0. The topological polar surface area (TPSA) is 66.0 Å². The number of unbranched alkanes of at least 4 members (excludes halogenated alkanes) is 1. The molecule has 0 radical (unpaired) electrons. The number of rotatable bonds is 7. The number of aromatic nitrogens is 2. The van der Waals surface area contributed by atoms with Gasteiger partial charge in [0.05, 0.1) is 11.9 Å². The molecule has 0 aliphatic carbocycles. The monoisotopic (exact) mass is 272 g/mol. The largest absolute Gasteiger partial charge is 0.481 e. The van der Waals surface area contributed by atoms with Gasteiger partial charge >= 0.3 is 5.97 Å². The Morgan fingerprint density at radius 1 is 1.25 bits per heavy atom. The molecule has 2 N–H and O–H groups in total. The summed E-state index contributed by atoms with van der Waals surface area (Å²) in [5.41, 5.74) is 4.27. The quantitative estimate of drug-likeness (QED) is 0.811. The van der Waals surface area contributed by atoms with Gasteiger partial charge in [-0.2, -0.15) is 5.10 Å². The van der Waals surface area contributed by atoms with Gasteiger partial charge in [-0.25, -0.2) is 0 Å². The summed E-state index contributed by atoms with van der Waals surface area (Å²) in [5, 5.41) is 15.8. The minimum absolute atomic E-state index is 0.126. The number of hydrogen-bond acceptors (Lipinski definition) is 2. The number of aromatic amines is 1. The predicted octanol–water partition coefficient (Wildman–Crippen LogP) is 3.44. The van der Waals surface area contributed by atoms with E-state index in [4.69, 9.17) is 5.11 Å². The molecule has 20 heavy (non-hydrogen) atoms. The van der Waals surface area contributed by atoms with Crippen LogP contribution in [-0.2, 0) is 17.6 Å². The average molecular weight is 272 g/mol. The number of carboxylic acid groups (broad SMARTS) is 1. The average Bonchev–Trinajstić information content (AvgIpc) is 2.92. The number of aryl methyl sites for hydroxylation is 2. The summed E-state index contributed by atoms with van der Waals surface area (Å²) >= 11 is 0. The number of aliphatic carboxylic acids is 1. The van der Waals surface area contributed by atoms with Gasteiger partial charge in [0, 0.05) is 6.42 Å². The lowest BCUT2D eigenvalue weighted by Gasteiger charge is -2.04. The fraction of sp³-hybridized carbons (Fsp3) is 0.375. The molecule has 0 unspecified atom stereocenters. The number of carbonyl (C=O) groups is 1. The molecule has 4 heteroatoms. The van der Waals surface area contributed by atoms with Crippen molar-refractivity contribution in [3.63, 3.8) is 0 Å². The maximum absolute atomic E-state index is 10.7. The van der Waals surface area contributed by atoms with Gasteiger partial charge in [-0.15, -0.1) is 0 Å². The smallest absolute Gasteiger partial charge is 0.303 e. The zero-order valence-electron chi connectivity index (χ0n) is 11.7. The highest BCUT2D eigenvalue weighted by Crippen LogP contribution is 2.23. The summed E-state index contributed by atoms with van der Waals surface area (Å²) in [6.45, 7) is 2.19. The van der Waals surface area contributed by atoms with Gasteiger partial charge in [0.2, 0.25) is 0 Å². The second kappa shape index (κ2) is 6.89. The van der Waals surface area contributed by atoms with Crippen molar-refractivity contribution in [3.05, 3.63) is 41.6 Å². The van der Waals surface area contributed by atoms with E-state index in [-0.39, 0.29) is 6.42 Å². The number of nitrogens with one attached hydrogen (secondary N) is 1. The first-order valence-electron chi connectivity index (χ1n) is 7.04. The van der Waals surface area contributed by atoms with Gasteiger partial charge in [-0.1, -0.05) is 37.6 Å². The minimum atomic E-state index is -0.785. The van der Waals surface area contributed by atoms with E-state index in [1.54, 1.807) is 6.20 Å². The Labute approximate surface area is 118 Å². The molecule has 2 rings (SSSR count).